The molecule has 1 amide bonds. The molecule has 4 nitrogen and oxygen atoms in total. The maximum Gasteiger partial charge on any atom is 0.410 e. The Morgan fingerprint density at radius 1 is 1.33 bits per heavy atom. The van der Waals surface area contributed by atoms with Gasteiger partial charge in [0, 0.05) is 26.2 Å². The molecule has 0 spiro atoms. The normalized spacial score (nSPS) is 22.6. The van der Waals surface area contributed by atoms with Crippen molar-refractivity contribution in [3.8, 4) is 0 Å². The molecule has 0 unspecified atom stereocenters. The third-order valence-electron chi connectivity index (χ3n) is 2.50. The standard InChI is InChI=1S/C11H19F3N2O2/c1-10(2,3)18-9(17)16-5-4-15-6-8(7-16)11(12,13)14/h8,15H,4-7H2,1-3H3/t8-/m0/s1. The number of ether oxygens (including phenoxy) is 1. The zero-order chi connectivity index (χ0) is 14.0. The summed E-state index contributed by atoms with van der Waals surface area (Å²) in [6, 6.07) is 0. The van der Waals surface area contributed by atoms with Crippen LogP contribution in [0.4, 0.5) is 18.0 Å². The second kappa shape index (κ2) is 5.34. The Morgan fingerprint density at radius 3 is 2.44 bits per heavy atom. The van der Waals surface area contributed by atoms with Crippen LogP contribution >= 0.6 is 0 Å². The Labute approximate surface area is 104 Å². The molecule has 1 rings (SSSR count). The van der Waals surface area contributed by atoms with Gasteiger partial charge in [-0.25, -0.2) is 4.79 Å². The van der Waals surface area contributed by atoms with E-state index < -0.39 is 23.8 Å². The minimum atomic E-state index is -4.31. The smallest absolute Gasteiger partial charge is 0.410 e. The van der Waals surface area contributed by atoms with Crippen molar-refractivity contribution in [2.75, 3.05) is 26.2 Å². The van der Waals surface area contributed by atoms with Crippen molar-refractivity contribution in [3.63, 3.8) is 0 Å². The van der Waals surface area contributed by atoms with Crippen molar-refractivity contribution in [2.45, 2.75) is 32.5 Å². The summed E-state index contributed by atoms with van der Waals surface area (Å²) in [7, 11) is 0. The summed E-state index contributed by atoms with van der Waals surface area (Å²) in [6.07, 6.45) is -5.00. The van der Waals surface area contributed by atoms with Gasteiger partial charge >= 0.3 is 12.3 Å². The summed E-state index contributed by atoms with van der Waals surface area (Å²) >= 11 is 0. The van der Waals surface area contributed by atoms with E-state index in [0.717, 1.165) is 4.90 Å². The van der Waals surface area contributed by atoms with Gasteiger partial charge in [0.15, 0.2) is 0 Å². The van der Waals surface area contributed by atoms with E-state index in [1.54, 1.807) is 20.8 Å². The van der Waals surface area contributed by atoms with Gasteiger partial charge in [-0.1, -0.05) is 0 Å². The number of carbonyl (C=O) groups is 1. The third-order valence-corrected chi connectivity index (χ3v) is 2.50. The Hall–Kier alpha value is -0.980. The molecule has 1 aliphatic heterocycles. The van der Waals surface area contributed by atoms with E-state index in [4.69, 9.17) is 4.74 Å². The summed E-state index contributed by atoms with van der Waals surface area (Å²) in [4.78, 5) is 12.9. The average molecular weight is 268 g/mol. The van der Waals surface area contributed by atoms with E-state index in [2.05, 4.69) is 5.32 Å². The molecule has 1 aliphatic rings. The van der Waals surface area contributed by atoms with Gasteiger partial charge in [-0.3, -0.25) is 0 Å². The first-order valence-electron chi connectivity index (χ1n) is 5.85. The summed E-state index contributed by atoms with van der Waals surface area (Å²) in [5, 5.41) is 2.68. The summed E-state index contributed by atoms with van der Waals surface area (Å²) < 4.78 is 43.1. The van der Waals surface area contributed by atoms with E-state index in [1.807, 2.05) is 0 Å². The van der Waals surface area contributed by atoms with Gasteiger partial charge in [0.05, 0.1) is 5.92 Å². The van der Waals surface area contributed by atoms with Crippen LogP contribution in [0.15, 0.2) is 0 Å². The van der Waals surface area contributed by atoms with E-state index in [0.29, 0.717) is 6.54 Å². The molecule has 1 fully saturated rings. The van der Waals surface area contributed by atoms with Crippen LogP contribution in [0.3, 0.4) is 0 Å². The van der Waals surface area contributed by atoms with Crippen molar-refractivity contribution in [1.82, 2.24) is 10.2 Å². The lowest BCUT2D eigenvalue weighted by molar-refractivity contribution is -0.175. The zero-order valence-corrected chi connectivity index (χ0v) is 10.8. The highest BCUT2D eigenvalue weighted by atomic mass is 19.4. The zero-order valence-electron chi connectivity index (χ0n) is 10.8. The van der Waals surface area contributed by atoms with Crippen molar-refractivity contribution in [3.05, 3.63) is 0 Å². The van der Waals surface area contributed by atoms with Crippen LogP contribution in [-0.2, 0) is 4.74 Å². The molecule has 1 heterocycles. The molecular formula is C11H19F3N2O2. The Morgan fingerprint density at radius 2 is 1.94 bits per heavy atom. The number of alkyl halides is 3. The molecule has 7 heteroatoms. The lowest BCUT2D eigenvalue weighted by Crippen LogP contribution is -2.43. The van der Waals surface area contributed by atoms with Crippen molar-refractivity contribution in [1.29, 1.82) is 0 Å². The van der Waals surface area contributed by atoms with Gasteiger partial charge in [0.1, 0.15) is 5.60 Å². The van der Waals surface area contributed by atoms with Crippen LogP contribution in [0.25, 0.3) is 0 Å². The molecule has 0 bridgehead atoms. The van der Waals surface area contributed by atoms with E-state index in [9.17, 15) is 18.0 Å². The van der Waals surface area contributed by atoms with Gasteiger partial charge < -0.3 is 15.0 Å². The molecule has 0 radical (unpaired) electrons. The van der Waals surface area contributed by atoms with Crippen molar-refractivity contribution < 1.29 is 22.7 Å². The van der Waals surface area contributed by atoms with E-state index in [-0.39, 0.29) is 19.6 Å². The Balaban J connectivity index is 2.67. The van der Waals surface area contributed by atoms with E-state index in [1.165, 1.54) is 0 Å². The number of nitrogens with zero attached hydrogens (tertiary/aromatic N) is 1. The van der Waals surface area contributed by atoms with Crippen LogP contribution in [-0.4, -0.2) is 48.9 Å². The number of rotatable bonds is 0. The molecule has 0 aromatic heterocycles. The average Bonchev–Trinajstić information content (AvgIpc) is 2.38. The fourth-order valence-electron chi connectivity index (χ4n) is 1.62. The Kier molecular flexibility index (Phi) is 4.47. The minimum absolute atomic E-state index is 0.164. The van der Waals surface area contributed by atoms with E-state index >= 15 is 0 Å². The molecule has 1 atom stereocenters. The van der Waals surface area contributed by atoms with Gasteiger partial charge in [-0.15, -0.1) is 0 Å². The molecule has 1 N–H and O–H groups in total. The quantitative estimate of drug-likeness (QED) is 0.730. The molecule has 1 saturated heterocycles. The topological polar surface area (TPSA) is 41.6 Å². The van der Waals surface area contributed by atoms with Crippen LogP contribution in [0.5, 0.6) is 0 Å². The van der Waals surface area contributed by atoms with Crippen LogP contribution < -0.4 is 5.32 Å². The molecule has 0 aliphatic carbocycles. The largest absolute Gasteiger partial charge is 0.444 e. The van der Waals surface area contributed by atoms with Crippen LogP contribution in [0.1, 0.15) is 20.8 Å². The van der Waals surface area contributed by atoms with Gasteiger partial charge in [0.2, 0.25) is 0 Å². The second-order valence-electron chi connectivity index (χ2n) is 5.37. The highest BCUT2D eigenvalue weighted by Crippen LogP contribution is 2.27. The minimum Gasteiger partial charge on any atom is -0.444 e. The Bertz CT molecular complexity index is 300. The second-order valence-corrected chi connectivity index (χ2v) is 5.37. The monoisotopic (exact) mass is 268 g/mol. The summed E-state index contributed by atoms with van der Waals surface area (Å²) in [6.45, 7) is 5.09. The molecule has 0 saturated carbocycles. The maximum atomic E-state index is 12.7. The highest BCUT2D eigenvalue weighted by Gasteiger charge is 2.42. The molecule has 0 aromatic rings. The lowest BCUT2D eigenvalue weighted by Gasteiger charge is -2.28. The fraction of sp³-hybridized carbons (Fsp3) is 0.909. The molecular weight excluding hydrogens is 249 g/mol. The SMILES string of the molecule is CC(C)(C)OC(=O)N1CCNC[C@H](C(F)(F)F)C1. The first kappa shape index (κ1) is 15.1. The molecule has 0 aromatic carbocycles. The van der Waals surface area contributed by atoms with Gasteiger partial charge in [0.25, 0.3) is 0 Å². The number of carbonyl (C=O) groups excluding carboxylic acids is 1. The van der Waals surface area contributed by atoms with Crippen LogP contribution in [0.2, 0.25) is 0 Å². The number of nitrogens with one attached hydrogen (secondary N) is 1. The van der Waals surface area contributed by atoms with Crippen molar-refractivity contribution in [2.24, 2.45) is 5.92 Å². The lowest BCUT2D eigenvalue weighted by atomic mass is 10.1. The number of hydrogen-bond donors (Lipinski definition) is 1. The number of amides is 1. The highest BCUT2D eigenvalue weighted by molar-refractivity contribution is 5.68. The van der Waals surface area contributed by atoms with Crippen molar-refractivity contribution >= 4 is 6.09 Å². The fourth-order valence-corrected chi connectivity index (χ4v) is 1.62. The summed E-state index contributed by atoms with van der Waals surface area (Å²) in [5.41, 5.74) is -0.704. The predicted molar refractivity (Wildman–Crippen MR) is 60.2 cm³/mol. The summed E-state index contributed by atoms with van der Waals surface area (Å²) in [5.74, 6) is -1.55. The molecule has 106 valence electrons. The van der Waals surface area contributed by atoms with Gasteiger partial charge in [-0.2, -0.15) is 13.2 Å². The molecule has 18 heavy (non-hydrogen) atoms. The number of halogens is 3. The maximum absolute atomic E-state index is 12.7. The van der Waals surface area contributed by atoms with Crippen LogP contribution in [0, 0.1) is 5.92 Å². The first-order chi connectivity index (χ1) is 8.09. The number of hydrogen-bond acceptors (Lipinski definition) is 3. The predicted octanol–water partition coefficient (Wildman–Crippen LogP) is 2.01. The third kappa shape index (κ3) is 4.72. The van der Waals surface area contributed by atoms with Gasteiger partial charge in [-0.05, 0) is 20.8 Å². The first-order valence-corrected chi connectivity index (χ1v) is 5.85.